The number of aromatic nitrogens is 1. The molecule has 74 valence electrons. The molecule has 0 unspecified atom stereocenters. The molecule has 14 heavy (non-hydrogen) atoms. The van der Waals surface area contributed by atoms with E-state index in [1.54, 1.807) is 18.5 Å². The van der Waals surface area contributed by atoms with E-state index in [0.717, 1.165) is 12.8 Å². The van der Waals surface area contributed by atoms with Crippen LogP contribution >= 0.6 is 0 Å². The molecule has 1 aromatic heterocycles. The number of hydrazine groups is 1. The molecule has 1 aromatic rings. The van der Waals surface area contributed by atoms with Gasteiger partial charge in [0, 0.05) is 5.92 Å². The van der Waals surface area contributed by atoms with Gasteiger partial charge in [0.2, 0.25) is 5.91 Å². The molecule has 0 bridgehead atoms. The molecule has 1 fully saturated rings. The van der Waals surface area contributed by atoms with Gasteiger partial charge in [0.15, 0.2) is 0 Å². The van der Waals surface area contributed by atoms with E-state index in [9.17, 15) is 4.79 Å². The Morgan fingerprint density at radius 1 is 1.43 bits per heavy atom. The lowest BCUT2D eigenvalue weighted by atomic mass is 10.3. The van der Waals surface area contributed by atoms with Crippen LogP contribution in [-0.4, -0.2) is 10.9 Å². The van der Waals surface area contributed by atoms with Gasteiger partial charge in [-0.15, -0.1) is 0 Å². The lowest BCUT2D eigenvalue weighted by Crippen LogP contribution is -2.14. The summed E-state index contributed by atoms with van der Waals surface area (Å²) in [7, 11) is 0. The summed E-state index contributed by atoms with van der Waals surface area (Å²) in [6.07, 6.45) is 5.18. The standard InChI is InChI=1S/C9H12N4O/c10-13-8-3-7(4-11-5-8)12-9(14)6-1-2-6/h3-6,13H,1-2,10H2,(H,12,14). The predicted octanol–water partition coefficient (Wildman–Crippen LogP) is 0.716. The molecule has 2 rings (SSSR count). The van der Waals surface area contributed by atoms with Crippen LogP contribution in [0.3, 0.4) is 0 Å². The van der Waals surface area contributed by atoms with Gasteiger partial charge in [-0.25, -0.2) is 0 Å². The second-order valence-electron chi connectivity index (χ2n) is 3.37. The molecule has 1 aliphatic carbocycles. The van der Waals surface area contributed by atoms with Gasteiger partial charge in [-0.05, 0) is 18.9 Å². The first kappa shape index (κ1) is 8.96. The van der Waals surface area contributed by atoms with Crippen LogP contribution in [0.4, 0.5) is 11.4 Å². The minimum atomic E-state index is 0.0703. The Morgan fingerprint density at radius 2 is 2.14 bits per heavy atom. The van der Waals surface area contributed by atoms with E-state index in [4.69, 9.17) is 5.84 Å². The second kappa shape index (κ2) is 3.63. The average molecular weight is 192 g/mol. The number of carbonyl (C=O) groups is 1. The molecular formula is C9H12N4O. The molecule has 1 heterocycles. The third-order valence-corrected chi connectivity index (χ3v) is 2.12. The molecular weight excluding hydrogens is 180 g/mol. The number of anilines is 2. The molecule has 0 aromatic carbocycles. The summed E-state index contributed by atoms with van der Waals surface area (Å²) in [4.78, 5) is 15.3. The highest BCUT2D eigenvalue weighted by molar-refractivity contribution is 5.94. The maximum Gasteiger partial charge on any atom is 0.227 e. The summed E-state index contributed by atoms with van der Waals surface area (Å²) in [6.45, 7) is 0. The minimum absolute atomic E-state index is 0.0703. The van der Waals surface area contributed by atoms with Gasteiger partial charge in [0.1, 0.15) is 0 Å². The number of pyridine rings is 1. The van der Waals surface area contributed by atoms with Crippen molar-refractivity contribution >= 4 is 17.3 Å². The van der Waals surface area contributed by atoms with Gasteiger partial charge in [-0.3, -0.25) is 15.6 Å². The van der Waals surface area contributed by atoms with Crippen LogP contribution in [-0.2, 0) is 4.79 Å². The molecule has 0 aliphatic heterocycles. The highest BCUT2D eigenvalue weighted by atomic mass is 16.2. The van der Waals surface area contributed by atoms with Crippen molar-refractivity contribution in [2.24, 2.45) is 11.8 Å². The zero-order valence-electron chi connectivity index (χ0n) is 7.66. The van der Waals surface area contributed by atoms with Crippen LogP contribution in [0.15, 0.2) is 18.5 Å². The van der Waals surface area contributed by atoms with Crippen LogP contribution in [0.2, 0.25) is 0 Å². The van der Waals surface area contributed by atoms with Crippen LogP contribution in [0.5, 0.6) is 0 Å². The van der Waals surface area contributed by atoms with Crippen LogP contribution in [0, 0.1) is 5.92 Å². The first-order valence-electron chi connectivity index (χ1n) is 4.52. The number of nitrogens with zero attached hydrogens (tertiary/aromatic N) is 1. The van der Waals surface area contributed by atoms with Crippen molar-refractivity contribution in [2.45, 2.75) is 12.8 Å². The van der Waals surface area contributed by atoms with Crippen molar-refractivity contribution in [2.75, 3.05) is 10.7 Å². The van der Waals surface area contributed by atoms with E-state index in [1.807, 2.05) is 0 Å². The average Bonchev–Trinajstić information content (AvgIpc) is 3.01. The van der Waals surface area contributed by atoms with Crippen molar-refractivity contribution in [1.82, 2.24) is 4.98 Å². The van der Waals surface area contributed by atoms with Gasteiger partial charge in [-0.2, -0.15) is 0 Å². The topological polar surface area (TPSA) is 80.0 Å². The number of hydrogen-bond acceptors (Lipinski definition) is 4. The van der Waals surface area contributed by atoms with Crippen molar-refractivity contribution in [3.63, 3.8) is 0 Å². The number of carbonyl (C=O) groups excluding carboxylic acids is 1. The van der Waals surface area contributed by atoms with E-state index in [2.05, 4.69) is 15.7 Å². The molecule has 0 saturated heterocycles. The summed E-state index contributed by atoms with van der Waals surface area (Å²) in [5, 5.41) is 2.78. The molecule has 0 radical (unpaired) electrons. The van der Waals surface area contributed by atoms with E-state index in [0.29, 0.717) is 11.4 Å². The third kappa shape index (κ3) is 2.00. The first-order chi connectivity index (χ1) is 6.79. The molecule has 5 heteroatoms. The fourth-order valence-electron chi connectivity index (χ4n) is 1.18. The first-order valence-corrected chi connectivity index (χ1v) is 4.52. The summed E-state index contributed by atoms with van der Waals surface area (Å²) in [5.74, 6) is 5.49. The second-order valence-corrected chi connectivity index (χ2v) is 3.37. The maximum atomic E-state index is 11.4. The van der Waals surface area contributed by atoms with E-state index < -0.39 is 0 Å². The Kier molecular flexibility index (Phi) is 2.32. The maximum absolute atomic E-state index is 11.4. The lowest BCUT2D eigenvalue weighted by Gasteiger charge is -2.05. The fourth-order valence-corrected chi connectivity index (χ4v) is 1.18. The van der Waals surface area contributed by atoms with Gasteiger partial charge in [0.05, 0.1) is 23.8 Å². The van der Waals surface area contributed by atoms with Gasteiger partial charge in [-0.1, -0.05) is 0 Å². The molecule has 0 spiro atoms. The summed E-state index contributed by atoms with van der Waals surface area (Å²) >= 11 is 0. The Hall–Kier alpha value is -1.62. The number of nitrogens with one attached hydrogen (secondary N) is 2. The van der Waals surface area contributed by atoms with Crippen LogP contribution < -0.4 is 16.6 Å². The summed E-state index contributed by atoms with van der Waals surface area (Å²) < 4.78 is 0. The van der Waals surface area contributed by atoms with Crippen molar-refractivity contribution in [3.8, 4) is 0 Å². The number of nitrogens with two attached hydrogens (primary N) is 1. The predicted molar refractivity (Wildman–Crippen MR) is 53.4 cm³/mol. The minimum Gasteiger partial charge on any atom is -0.324 e. The molecule has 4 N–H and O–H groups in total. The highest BCUT2D eigenvalue weighted by Gasteiger charge is 2.29. The molecule has 1 aliphatic rings. The summed E-state index contributed by atoms with van der Waals surface area (Å²) in [6, 6.07) is 1.74. The van der Waals surface area contributed by atoms with Gasteiger partial charge >= 0.3 is 0 Å². The van der Waals surface area contributed by atoms with Gasteiger partial charge in [0.25, 0.3) is 0 Å². The van der Waals surface area contributed by atoms with E-state index >= 15 is 0 Å². The zero-order chi connectivity index (χ0) is 9.97. The largest absolute Gasteiger partial charge is 0.324 e. The quantitative estimate of drug-likeness (QED) is 0.487. The normalized spacial score (nSPS) is 14.9. The highest BCUT2D eigenvalue weighted by Crippen LogP contribution is 2.30. The smallest absolute Gasteiger partial charge is 0.227 e. The number of amides is 1. The Labute approximate surface area is 81.7 Å². The molecule has 1 amide bonds. The number of hydrogen-bond donors (Lipinski definition) is 3. The SMILES string of the molecule is NNc1cncc(NC(=O)C2CC2)c1. The number of rotatable bonds is 3. The van der Waals surface area contributed by atoms with E-state index in [-0.39, 0.29) is 11.8 Å². The van der Waals surface area contributed by atoms with E-state index in [1.165, 1.54) is 0 Å². The molecule has 0 atom stereocenters. The Morgan fingerprint density at radius 3 is 2.79 bits per heavy atom. The van der Waals surface area contributed by atoms with Crippen molar-refractivity contribution in [1.29, 1.82) is 0 Å². The summed E-state index contributed by atoms with van der Waals surface area (Å²) in [5.41, 5.74) is 3.83. The van der Waals surface area contributed by atoms with Crippen LogP contribution in [0.25, 0.3) is 0 Å². The third-order valence-electron chi connectivity index (χ3n) is 2.12. The molecule has 1 saturated carbocycles. The Bertz CT molecular complexity index is 348. The Balaban J connectivity index is 2.04. The lowest BCUT2D eigenvalue weighted by molar-refractivity contribution is -0.117. The van der Waals surface area contributed by atoms with Crippen molar-refractivity contribution in [3.05, 3.63) is 18.5 Å². The monoisotopic (exact) mass is 192 g/mol. The number of nitrogen functional groups attached to an aromatic ring is 1. The zero-order valence-corrected chi connectivity index (χ0v) is 7.66. The molecule has 5 nitrogen and oxygen atoms in total. The fraction of sp³-hybridized carbons (Fsp3) is 0.333. The van der Waals surface area contributed by atoms with Gasteiger partial charge < -0.3 is 10.7 Å². The van der Waals surface area contributed by atoms with Crippen molar-refractivity contribution < 1.29 is 4.79 Å². The van der Waals surface area contributed by atoms with Crippen LogP contribution in [0.1, 0.15) is 12.8 Å².